The largest absolute Gasteiger partial charge is 0.481 e. The topological polar surface area (TPSA) is 46.6 Å². The number of nitrogens with zero attached hydrogens (tertiary/aromatic N) is 1. The van der Waals surface area contributed by atoms with E-state index in [0.717, 1.165) is 11.1 Å². The Hall–Kier alpha value is -2.05. The van der Waals surface area contributed by atoms with Crippen molar-refractivity contribution in [2.75, 3.05) is 0 Å². The highest BCUT2D eigenvalue weighted by atomic mass is 35.5. The molecule has 7 heteroatoms. The molecular weight excluding hydrogens is 429 g/mol. The molecule has 29 heavy (non-hydrogen) atoms. The standard InChI is InChI=1S/C22H19Cl2NO3S/c1-15-21(17-6-3-2-4-7-17)28-22-19(24)8-5-9-20(22)29(26,27)25(15)14-16-10-12-18(23)13-11-16/h2-13,15,21H,14H2,1H3. The first-order chi connectivity index (χ1) is 13.9. The third-order valence-electron chi connectivity index (χ3n) is 5.03. The van der Waals surface area contributed by atoms with Crippen molar-refractivity contribution in [1.29, 1.82) is 0 Å². The SMILES string of the molecule is CC1C(c2ccccc2)Oc2c(Cl)cccc2S(=O)(=O)N1Cc1ccc(Cl)cc1. The van der Waals surface area contributed by atoms with Gasteiger partial charge in [-0.3, -0.25) is 0 Å². The fraction of sp³-hybridized carbons (Fsp3) is 0.182. The van der Waals surface area contributed by atoms with E-state index in [1.54, 1.807) is 24.3 Å². The second kappa shape index (κ2) is 8.00. The average Bonchev–Trinajstić information content (AvgIpc) is 2.79. The molecule has 1 aliphatic heterocycles. The van der Waals surface area contributed by atoms with Crippen LogP contribution in [0.25, 0.3) is 0 Å². The molecule has 150 valence electrons. The van der Waals surface area contributed by atoms with Crippen molar-refractivity contribution in [1.82, 2.24) is 4.31 Å². The maximum absolute atomic E-state index is 13.6. The van der Waals surface area contributed by atoms with Gasteiger partial charge in [0.05, 0.1) is 11.1 Å². The molecule has 0 fully saturated rings. The monoisotopic (exact) mass is 447 g/mol. The van der Waals surface area contributed by atoms with Crippen LogP contribution in [0.5, 0.6) is 5.75 Å². The highest BCUT2D eigenvalue weighted by molar-refractivity contribution is 7.89. The molecule has 2 atom stereocenters. The fourth-order valence-electron chi connectivity index (χ4n) is 3.52. The molecule has 0 radical (unpaired) electrons. The van der Waals surface area contributed by atoms with Gasteiger partial charge in [0.25, 0.3) is 0 Å². The number of hydrogen-bond donors (Lipinski definition) is 0. The van der Waals surface area contributed by atoms with Crippen LogP contribution in [0.15, 0.2) is 77.7 Å². The molecule has 0 aromatic heterocycles. The van der Waals surface area contributed by atoms with Gasteiger partial charge < -0.3 is 4.74 Å². The van der Waals surface area contributed by atoms with E-state index in [4.69, 9.17) is 27.9 Å². The van der Waals surface area contributed by atoms with E-state index in [-0.39, 0.29) is 22.2 Å². The molecule has 4 rings (SSSR count). The predicted octanol–water partition coefficient (Wildman–Crippen LogP) is 5.71. The molecule has 1 aliphatic rings. The van der Waals surface area contributed by atoms with Gasteiger partial charge in [-0.15, -0.1) is 0 Å². The lowest BCUT2D eigenvalue weighted by Crippen LogP contribution is -2.41. The summed E-state index contributed by atoms with van der Waals surface area (Å²) in [5, 5.41) is 0.871. The predicted molar refractivity (Wildman–Crippen MR) is 115 cm³/mol. The molecule has 4 nitrogen and oxygen atoms in total. The van der Waals surface area contributed by atoms with E-state index < -0.39 is 22.2 Å². The second-order valence-electron chi connectivity index (χ2n) is 6.93. The van der Waals surface area contributed by atoms with Crippen LogP contribution in [0.4, 0.5) is 0 Å². The van der Waals surface area contributed by atoms with E-state index in [0.29, 0.717) is 5.02 Å². The number of sulfonamides is 1. The summed E-state index contributed by atoms with van der Waals surface area (Å²) in [6.07, 6.45) is -0.514. The summed E-state index contributed by atoms with van der Waals surface area (Å²) in [5.74, 6) is 0.188. The van der Waals surface area contributed by atoms with E-state index >= 15 is 0 Å². The number of benzene rings is 3. The van der Waals surface area contributed by atoms with Crippen LogP contribution in [0, 0.1) is 0 Å². The van der Waals surface area contributed by atoms with Crippen LogP contribution < -0.4 is 4.74 Å². The first kappa shape index (κ1) is 20.2. The van der Waals surface area contributed by atoms with Crippen LogP contribution in [-0.2, 0) is 16.6 Å². The summed E-state index contributed by atoms with van der Waals surface area (Å²) < 4.78 is 34.9. The number of fused-ring (bicyclic) bond motifs is 1. The Morgan fingerprint density at radius 3 is 2.31 bits per heavy atom. The number of para-hydroxylation sites is 1. The Morgan fingerprint density at radius 2 is 1.62 bits per heavy atom. The fourth-order valence-corrected chi connectivity index (χ4v) is 5.68. The van der Waals surface area contributed by atoms with Crippen LogP contribution >= 0.6 is 23.2 Å². The molecule has 0 spiro atoms. The maximum Gasteiger partial charge on any atom is 0.247 e. The zero-order valence-corrected chi connectivity index (χ0v) is 18.0. The molecule has 0 aliphatic carbocycles. The molecule has 0 saturated carbocycles. The van der Waals surface area contributed by atoms with E-state index in [2.05, 4.69) is 0 Å². The molecular formula is C22H19Cl2NO3S. The molecule has 0 bridgehead atoms. The van der Waals surface area contributed by atoms with Gasteiger partial charge in [-0.2, -0.15) is 4.31 Å². The number of halogens is 2. The van der Waals surface area contributed by atoms with Crippen LogP contribution in [0.3, 0.4) is 0 Å². The number of rotatable bonds is 3. The third-order valence-corrected chi connectivity index (χ3v) is 7.54. The van der Waals surface area contributed by atoms with Gasteiger partial charge in [-0.05, 0) is 42.3 Å². The quantitative estimate of drug-likeness (QED) is 0.516. The minimum absolute atomic E-state index is 0.0734. The number of ether oxygens (including phenoxy) is 1. The lowest BCUT2D eigenvalue weighted by Gasteiger charge is -2.30. The van der Waals surface area contributed by atoms with Gasteiger partial charge in [0.1, 0.15) is 11.0 Å². The zero-order chi connectivity index (χ0) is 20.6. The summed E-state index contributed by atoms with van der Waals surface area (Å²) in [7, 11) is -3.85. The maximum atomic E-state index is 13.6. The summed E-state index contributed by atoms with van der Waals surface area (Å²) in [5.41, 5.74) is 1.71. The Morgan fingerprint density at radius 1 is 0.931 bits per heavy atom. The molecule has 0 N–H and O–H groups in total. The Bertz CT molecular complexity index is 1120. The molecule has 2 unspecified atom stereocenters. The number of hydrogen-bond acceptors (Lipinski definition) is 3. The zero-order valence-electron chi connectivity index (χ0n) is 15.6. The minimum atomic E-state index is -3.85. The highest BCUT2D eigenvalue weighted by Gasteiger charge is 2.41. The van der Waals surface area contributed by atoms with E-state index in [1.165, 1.54) is 10.4 Å². The minimum Gasteiger partial charge on any atom is -0.481 e. The highest BCUT2D eigenvalue weighted by Crippen LogP contribution is 2.43. The average molecular weight is 448 g/mol. The molecule has 3 aromatic carbocycles. The van der Waals surface area contributed by atoms with Crippen LogP contribution in [-0.4, -0.2) is 18.8 Å². The van der Waals surface area contributed by atoms with Gasteiger partial charge in [0.2, 0.25) is 10.0 Å². The van der Waals surface area contributed by atoms with Gasteiger partial charge in [-0.25, -0.2) is 8.42 Å². The van der Waals surface area contributed by atoms with Crippen molar-refractivity contribution >= 4 is 33.2 Å². The third kappa shape index (κ3) is 3.88. The van der Waals surface area contributed by atoms with Crippen molar-refractivity contribution in [2.24, 2.45) is 0 Å². The first-order valence-corrected chi connectivity index (χ1v) is 11.3. The summed E-state index contributed by atoms with van der Waals surface area (Å²) in [4.78, 5) is 0.0734. The normalized spacial score (nSPS) is 21.1. The Labute approximate surface area is 180 Å². The summed E-state index contributed by atoms with van der Waals surface area (Å²) in [6, 6.07) is 21.0. The molecule has 0 saturated heterocycles. The summed E-state index contributed by atoms with van der Waals surface area (Å²) in [6.45, 7) is 2.05. The molecule has 0 amide bonds. The van der Waals surface area contributed by atoms with Gasteiger partial charge in [0, 0.05) is 11.6 Å². The van der Waals surface area contributed by atoms with Crippen molar-refractivity contribution in [3.63, 3.8) is 0 Å². The lowest BCUT2D eigenvalue weighted by molar-refractivity contribution is 0.124. The van der Waals surface area contributed by atoms with E-state index in [9.17, 15) is 8.42 Å². The molecule has 1 heterocycles. The van der Waals surface area contributed by atoms with Crippen molar-refractivity contribution in [3.8, 4) is 5.75 Å². The van der Waals surface area contributed by atoms with Crippen LogP contribution in [0.2, 0.25) is 10.0 Å². The summed E-state index contributed by atoms with van der Waals surface area (Å²) >= 11 is 12.3. The van der Waals surface area contributed by atoms with Crippen molar-refractivity contribution < 1.29 is 13.2 Å². The van der Waals surface area contributed by atoms with Gasteiger partial charge in [0.15, 0.2) is 5.75 Å². The Balaban J connectivity index is 1.86. The van der Waals surface area contributed by atoms with Crippen molar-refractivity contribution in [3.05, 3.63) is 94.0 Å². The van der Waals surface area contributed by atoms with Crippen molar-refractivity contribution in [2.45, 2.75) is 30.5 Å². The lowest BCUT2D eigenvalue weighted by atomic mass is 10.0. The molecule has 3 aromatic rings. The Kier molecular flexibility index (Phi) is 5.58. The van der Waals surface area contributed by atoms with E-state index in [1.807, 2.05) is 49.4 Å². The van der Waals surface area contributed by atoms with Gasteiger partial charge >= 0.3 is 0 Å². The van der Waals surface area contributed by atoms with Crippen LogP contribution in [0.1, 0.15) is 24.2 Å². The second-order valence-corrected chi connectivity index (χ2v) is 9.64. The smallest absolute Gasteiger partial charge is 0.247 e. The van der Waals surface area contributed by atoms with Gasteiger partial charge in [-0.1, -0.05) is 71.7 Å². The first-order valence-electron chi connectivity index (χ1n) is 9.14.